The number of rotatable bonds is 10. The third-order valence-electron chi connectivity index (χ3n) is 4.16. The average molecular weight is 290 g/mol. The SMILES string of the molecule is CCCCN(CC)CC(NCCC)c1ccc(C)cc1C. The molecule has 0 spiro atoms. The molecule has 120 valence electrons. The van der Waals surface area contributed by atoms with Crippen LogP contribution >= 0.6 is 0 Å². The van der Waals surface area contributed by atoms with Crippen molar-refractivity contribution in [1.82, 2.24) is 10.2 Å². The summed E-state index contributed by atoms with van der Waals surface area (Å²) >= 11 is 0. The molecule has 0 saturated carbocycles. The van der Waals surface area contributed by atoms with Gasteiger partial charge in [-0.05, 0) is 57.5 Å². The maximum Gasteiger partial charge on any atom is 0.0451 e. The summed E-state index contributed by atoms with van der Waals surface area (Å²) in [4.78, 5) is 2.58. The van der Waals surface area contributed by atoms with Gasteiger partial charge in [0.25, 0.3) is 0 Å². The van der Waals surface area contributed by atoms with E-state index in [1.807, 2.05) is 0 Å². The molecule has 0 aliphatic carbocycles. The second kappa shape index (κ2) is 9.97. The lowest BCUT2D eigenvalue weighted by atomic mass is 9.98. The van der Waals surface area contributed by atoms with Crippen molar-refractivity contribution in [3.05, 3.63) is 34.9 Å². The van der Waals surface area contributed by atoms with Gasteiger partial charge in [0.1, 0.15) is 0 Å². The second-order valence-electron chi connectivity index (χ2n) is 6.11. The molecule has 0 aliphatic rings. The van der Waals surface area contributed by atoms with E-state index in [2.05, 4.69) is 63.0 Å². The highest BCUT2D eigenvalue weighted by Crippen LogP contribution is 2.20. The molecular weight excluding hydrogens is 256 g/mol. The van der Waals surface area contributed by atoms with Gasteiger partial charge in [-0.15, -0.1) is 0 Å². The maximum absolute atomic E-state index is 3.75. The number of hydrogen-bond acceptors (Lipinski definition) is 2. The summed E-state index contributed by atoms with van der Waals surface area (Å²) in [5.74, 6) is 0. The van der Waals surface area contributed by atoms with E-state index in [9.17, 15) is 0 Å². The predicted molar refractivity (Wildman–Crippen MR) is 94.0 cm³/mol. The topological polar surface area (TPSA) is 15.3 Å². The lowest BCUT2D eigenvalue weighted by Crippen LogP contribution is -2.36. The zero-order valence-corrected chi connectivity index (χ0v) is 14.7. The van der Waals surface area contributed by atoms with Crippen molar-refractivity contribution in [1.29, 1.82) is 0 Å². The Bertz CT molecular complexity index is 401. The number of benzene rings is 1. The third-order valence-corrected chi connectivity index (χ3v) is 4.16. The zero-order chi connectivity index (χ0) is 15.7. The smallest absolute Gasteiger partial charge is 0.0451 e. The van der Waals surface area contributed by atoms with E-state index in [-0.39, 0.29) is 0 Å². The van der Waals surface area contributed by atoms with E-state index in [1.165, 1.54) is 42.5 Å². The van der Waals surface area contributed by atoms with Crippen molar-refractivity contribution >= 4 is 0 Å². The molecule has 1 aromatic rings. The molecule has 0 heterocycles. The minimum atomic E-state index is 0.447. The number of nitrogens with zero attached hydrogens (tertiary/aromatic N) is 1. The van der Waals surface area contributed by atoms with Gasteiger partial charge >= 0.3 is 0 Å². The van der Waals surface area contributed by atoms with Crippen molar-refractivity contribution in [3.8, 4) is 0 Å². The first kappa shape index (κ1) is 18.2. The Balaban J connectivity index is 2.83. The number of aryl methyl sites for hydroxylation is 2. The van der Waals surface area contributed by atoms with Gasteiger partial charge in [-0.25, -0.2) is 0 Å². The van der Waals surface area contributed by atoms with E-state index in [1.54, 1.807) is 0 Å². The third kappa shape index (κ3) is 6.19. The molecule has 1 aromatic carbocycles. The molecule has 2 heteroatoms. The van der Waals surface area contributed by atoms with Crippen molar-refractivity contribution in [2.75, 3.05) is 26.2 Å². The van der Waals surface area contributed by atoms with Gasteiger partial charge in [0.2, 0.25) is 0 Å². The van der Waals surface area contributed by atoms with Gasteiger partial charge in [0.15, 0.2) is 0 Å². The first-order valence-corrected chi connectivity index (χ1v) is 8.65. The lowest BCUT2D eigenvalue weighted by molar-refractivity contribution is 0.250. The molecule has 0 radical (unpaired) electrons. The normalized spacial score (nSPS) is 12.9. The van der Waals surface area contributed by atoms with E-state index in [4.69, 9.17) is 0 Å². The van der Waals surface area contributed by atoms with Crippen LogP contribution in [0.2, 0.25) is 0 Å². The number of unbranched alkanes of at least 4 members (excludes halogenated alkanes) is 1. The summed E-state index contributed by atoms with van der Waals surface area (Å²) in [5.41, 5.74) is 4.22. The maximum atomic E-state index is 3.75. The van der Waals surface area contributed by atoms with Crippen LogP contribution < -0.4 is 5.32 Å². The van der Waals surface area contributed by atoms with E-state index in [0.29, 0.717) is 6.04 Å². The fourth-order valence-electron chi connectivity index (χ4n) is 2.83. The van der Waals surface area contributed by atoms with Crippen LogP contribution in [0.1, 0.15) is 62.8 Å². The van der Waals surface area contributed by atoms with Crippen LogP contribution in [0, 0.1) is 13.8 Å². The van der Waals surface area contributed by atoms with Crippen molar-refractivity contribution in [2.24, 2.45) is 0 Å². The summed E-state index contributed by atoms with van der Waals surface area (Å²) < 4.78 is 0. The first-order chi connectivity index (χ1) is 10.1. The summed E-state index contributed by atoms with van der Waals surface area (Å²) in [6.07, 6.45) is 3.75. The summed E-state index contributed by atoms with van der Waals surface area (Å²) in [6.45, 7) is 15.7. The van der Waals surface area contributed by atoms with Crippen molar-refractivity contribution in [3.63, 3.8) is 0 Å². The Morgan fingerprint density at radius 1 is 1.10 bits per heavy atom. The predicted octanol–water partition coefficient (Wildman–Crippen LogP) is 4.47. The molecule has 0 saturated heterocycles. The minimum Gasteiger partial charge on any atom is -0.309 e. The highest BCUT2D eigenvalue weighted by Gasteiger charge is 2.16. The van der Waals surface area contributed by atoms with Gasteiger partial charge in [-0.3, -0.25) is 0 Å². The number of nitrogens with one attached hydrogen (secondary N) is 1. The molecule has 21 heavy (non-hydrogen) atoms. The van der Waals surface area contributed by atoms with Crippen molar-refractivity contribution in [2.45, 2.75) is 59.9 Å². The highest BCUT2D eigenvalue weighted by molar-refractivity contribution is 5.33. The summed E-state index contributed by atoms with van der Waals surface area (Å²) in [7, 11) is 0. The van der Waals surface area contributed by atoms with E-state index >= 15 is 0 Å². The van der Waals surface area contributed by atoms with Gasteiger partial charge in [0.05, 0.1) is 0 Å². The highest BCUT2D eigenvalue weighted by atomic mass is 15.1. The fourth-order valence-corrected chi connectivity index (χ4v) is 2.83. The largest absolute Gasteiger partial charge is 0.309 e. The monoisotopic (exact) mass is 290 g/mol. The molecule has 0 aromatic heterocycles. The van der Waals surface area contributed by atoms with Gasteiger partial charge < -0.3 is 10.2 Å². The van der Waals surface area contributed by atoms with Crippen molar-refractivity contribution < 1.29 is 0 Å². The fraction of sp³-hybridized carbons (Fsp3) is 0.684. The molecular formula is C19H34N2. The zero-order valence-electron chi connectivity index (χ0n) is 14.7. The quantitative estimate of drug-likeness (QED) is 0.684. The Labute approximate surface area is 131 Å². The van der Waals surface area contributed by atoms with Crippen LogP contribution in [-0.4, -0.2) is 31.1 Å². The Kier molecular flexibility index (Phi) is 8.63. The molecule has 0 aliphatic heterocycles. The molecule has 1 N–H and O–H groups in total. The van der Waals surface area contributed by atoms with Crippen LogP contribution in [0.4, 0.5) is 0 Å². The van der Waals surface area contributed by atoms with Gasteiger partial charge in [-0.1, -0.05) is 51.0 Å². The average Bonchev–Trinajstić information content (AvgIpc) is 2.47. The molecule has 1 unspecified atom stereocenters. The van der Waals surface area contributed by atoms with Crippen LogP contribution in [0.15, 0.2) is 18.2 Å². The summed E-state index contributed by atoms with van der Waals surface area (Å²) in [6, 6.07) is 7.30. The van der Waals surface area contributed by atoms with E-state index < -0.39 is 0 Å². The first-order valence-electron chi connectivity index (χ1n) is 8.65. The van der Waals surface area contributed by atoms with Crippen LogP contribution in [0.3, 0.4) is 0 Å². The van der Waals surface area contributed by atoms with Gasteiger partial charge in [0, 0.05) is 12.6 Å². The Hall–Kier alpha value is -0.860. The Morgan fingerprint density at radius 2 is 1.86 bits per heavy atom. The number of likely N-dealkylation sites (N-methyl/N-ethyl adjacent to an activating group) is 1. The van der Waals surface area contributed by atoms with Crippen LogP contribution in [-0.2, 0) is 0 Å². The molecule has 0 bridgehead atoms. The molecule has 0 fully saturated rings. The molecule has 0 amide bonds. The molecule has 1 atom stereocenters. The minimum absolute atomic E-state index is 0.447. The van der Waals surface area contributed by atoms with Gasteiger partial charge in [-0.2, -0.15) is 0 Å². The second-order valence-corrected chi connectivity index (χ2v) is 6.11. The molecule has 2 nitrogen and oxygen atoms in total. The standard InChI is InChI=1S/C19H34N2/c1-6-9-13-21(8-3)15-19(20-12-7-2)18-11-10-16(4)14-17(18)5/h10-11,14,19-20H,6-9,12-13,15H2,1-5H3. The molecule has 1 rings (SSSR count). The van der Waals surface area contributed by atoms with Crippen LogP contribution in [0.5, 0.6) is 0 Å². The Morgan fingerprint density at radius 3 is 2.43 bits per heavy atom. The van der Waals surface area contributed by atoms with Crippen LogP contribution in [0.25, 0.3) is 0 Å². The number of hydrogen-bond donors (Lipinski definition) is 1. The lowest BCUT2D eigenvalue weighted by Gasteiger charge is -2.28. The van der Waals surface area contributed by atoms with E-state index in [0.717, 1.165) is 19.6 Å². The summed E-state index contributed by atoms with van der Waals surface area (Å²) in [5, 5.41) is 3.75.